The topological polar surface area (TPSA) is 44.8 Å². The van der Waals surface area contributed by atoms with E-state index in [0.29, 0.717) is 18.5 Å². The van der Waals surface area contributed by atoms with Crippen LogP contribution in [0.3, 0.4) is 0 Å². The summed E-state index contributed by atoms with van der Waals surface area (Å²) in [4.78, 5) is 12.3. The highest BCUT2D eigenvalue weighted by molar-refractivity contribution is 5.89. The molecule has 0 atom stereocenters. The molecule has 0 saturated heterocycles. The van der Waals surface area contributed by atoms with Crippen LogP contribution in [-0.2, 0) is 9.47 Å². The number of benzene rings is 2. The van der Waals surface area contributed by atoms with E-state index in [0.717, 1.165) is 43.3 Å². The number of carbonyl (C=O) groups is 1. The maximum absolute atomic E-state index is 12.3. The fraction of sp³-hybridized carbons (Fsp3) is 0.536. The van der Waals surface area contributed by atoms with E-state index >= 15 is 0 Å². The van der Waals surface area contributed by atoms with E-state index < -0.39 is 0 Å². The lowest BCUT2D eigenvalue weighted by Crippen LogP contribution is -2.26. The predicted octanol–water partition coefficient (Wildman–Crippen LogP) is 6.79. The largest absolute Gasteiger partial charge is 0.468 e. The first-order chi connectivity index (χ1) is 15.8. The van der Waals surface area contributed by atoms with Crippen LogP contribution in [0, 0.1) is 11.8 Å². The van der Waals surface area contributed by atoms with Crippen LogP contribution in [0.1, 0.15) is 74.6 Å². The van der Waals surface area contributed by atoms with Gasteiger partial charge in [0.15, 0.2) is 6.79 Å². The van der Waals surface area contributed by atoms with Crippen molar-refractivity contribution in [3.05, 3.63) is 66.2 Å². The Bertz CT molecular complexity index is 791. The third-order valence-corrected chi connectivity index (χ3v) is 7.13. The summed E-state index contributed by atoms with van der Waals surface area (Å²) in [6.45, 7) is 0.345. The summed E-state index contributed by atoms with van der Waals surface area (Å²) in [5, 5.41) is 0. The molecule has 2 aromatic carbocycles. The first kappa shape index (κ1) is 22.8. The first-order valence-corrected chi connectivity index (χ1v) is 12.3. The number of ether oxygens (including phenoxy) is 3. The van der Waals surface area contributed by atoms with Crippen LogP contribution in [0.25, 0.3) is 0 Å². The Morgan fingerprint density at radius 2 is 1.22 bits per heavy atom. The molecule has 4 rings (SSSR count). The van der Waals surface area contributed by atoms with E-state index in [1.165, 1.54) is 38.5 Å². The van der Waals surface area contributed by atoms with Crippen molar-refractivity contribution in [2.75, 3.05) is 6.79 Å². The summed E-state index contributed by atoms with van der Waals surface area (Å²) in [5.41, 5.74) is 0.654. The molecule has 4 heteroatoms. The van der Waals surface area contributed by atoms with Crippen LogP contribution in [-0.4, -0.2) is 25.0 Å². The monoisotopic (exact) mass is 436 g/mol. The summed E-state index contributed by atoms with van der Waals surface area (Å²) in [6.07, 6.45) is 12.3. The number of rotatable bonds is 9. The number of hydrogen-bond donors (Lipinski definition) is 0. The fourth-order valence-electron chi connectivity index (χ4n) is 5.11. The molecule has 0 spiro atoms. The van der Waals surface area contributed by atoms with Crippen molar-refractivity contribution >= 4 is 5.97 Å². The summed E-state index contributed by atoms with van der Waals surface area (Å²) < 4.78 is 17.3. The highest BCUT2D eigenvalue weighted by Gasteiger charge is 2.26. The van der Waals surface area contributed by atoms with Crippen molar-refractivity contribution < 1.29 is 19.0 Å². The first-order valence-electron chi connectivity index (χ1n) is 12.3. The fourth-order valence-corrected chi connectivity index (χ4v) is 5.11. The molecule has 0 N–H and O–H groups in total. The molecule has 172 valence electrons. The molecule has 4 nitrogen and oxygen atoms in total. The minimum atomic E-state index is -0.179. The number of para-hydroxylation sites is 1. The minimum Gasteiger partial charge on any atom is -0.468 e. The van der Waals surface area contributed by atoms with Crippen molar-refractivity contribution in [3.63, 3.8) is 0 Å². The van der Waals surface area contributed by atoms with Crippen molar-refractivity contribution in [1.29, 1.82) is 0 Å². The second kappa shape index (κ2) is 12.1. The molecule has 2 aromatic rings. The summed E-state index contributed by atoms with van der Waals surface area (Å²) in [7, 11) is 0. The van der Waals surface area contributed by atoms with Crippen LogP contribution in [0.15, 0.2) is 60.7 Å². The molecule has 2 aliphatic rings. The molecule has 2 fully saturated rings. The maximum atomic E-state index is 12.3. The van der Waals surface area contributed by atoms with Gasteiger partial charge in [0.05, 0.1) is 11.7 Å². The summed E-state index contributed by atoms with van der Waals surface area (Å²) in [6, 6.07) is 19.2. The van der Waals surface area contributed by atoms with Gasteiger partial charge in [0.2, 0.25) is 0 Å². The van der Waals surface area contributed by atoms with Gasteiger partial charge in [-0.3, -0.25) is 0 Å². The Kier molecular flexibility index (Phi) is 8.61. The molecule has 2 saturated carbocycles. The molecule has 0 aromatic heterocycles. The van der Waals surface area contributed by atoms with Gasteiger partial charge in [-0.05, 0) is 87.5 Å². The third kappa shape index (κ3) is 7.09. The van der Waals surface area contributed by atoms with E-state index in [1.54, 1.807) is 0 Å². The van der Waals surface area contributed by atoms with Gasteiger partial charge in [-0.2, -0.15) is 0 Å². The predicted molar refractivity (Wildman–Crippen MR) is 126 cm³/mol. The van der Waals surface area contributed by atoms with Crippen LogP contribution in [0.4, 0.5) is 0 Å². The smallest absolute Gasteiger partial charge is 0.338 e. The maximum Gasteiger partial charge on any atom is 0.338 e. The number of esters is 1. The van der Waals surface area contributed by atoms with E-state index in [9.17, 15) is 4.79 Å². The quantitative estimate of drug-likeness (QED) is 0.320. The Hall–Kier alpha value is -2.33. The van der Waals surface area contributed by atoms with Crippen molar-refractivity contribution in [2.45, 2.75) is 76.4 Å². The van der Waals surface area contributed by atoms with Crippen molar-refractivity contribution in [3.8, 4) is 5.75 Å². The Morgan fingerprint density at radius 1 is 0.688 bits per heavy atom. The average Bonchev–Trinajstić information content (AvgIpc) is 2.85. The van der Waals surface area contributed by atoms with Crippen LogP contribution < -0.4 is 4.74 Å². The molecule has 2 aliphatic carbocycles. The molecule has 32 heavy (non-hydrogen) atoms. The molecule has 0 unspecified atom stereocenters. The van der Waals surface area contributed by atoms with Gasteiger partial charge in [0.1, 0.15) is 11.9 Å². The molecule has 0 radical (unpaired) electrons. The lowest BCUT2D eigenvalue weighted by molar-refractivity contribution is -0.0556. The zero-order chi connectivity index (χ0) is 22.0. The number of carbonyl (C=O) groups excluding carboxylic acids is 1. The summed E-state index contributed by atoms with van der Waals surface area (Å²) in [5.74, 6) is 2.31. The highest BCUT2D eigenvalue weighted by atomic mass is 16.7. The van der Waals surface area contributed by atoms with Crippen molar-refractivity contribution in [1.82, 2.24) is 0 Å². The zero-order valence-corrected chi connectivity index (χ0v) is 19.0. The lowest BCUT2D eigenvalue weighted by Gasteiger charge is -2.31. The van der Waals surface area contributed by atoms with Gasteiger partial charge < -0.3 is 14.2 Å². The molecular weight excluding hydrogens is 400 g/mol. The molecular formula is C28H36O4. The second-order valence-corrected chi connectivity index (χ2v) is 9.38. The Labute approximate surface area is 192 Å². The van der Waals surface area contributed by atoms with Gasteiger partial charge >= 0.3 is 5.97 Å². The third-order valence-electron chi connectivity index (χ3n) is 7.13. The molecule has 0 bridgehead atoms. The van der Waals surface area contributed by atoms with Crippen LogP contribution in [0.5, 0.6) is 5.75 Å². The van der Waals surface area contributed by atoms with Gasteiger partial charge in [0, 0.05) is 0 Å². The van der Waals surface area contributed by atoms with E-state index in [2.05, 4.69) is 0 Å². The van der Waals surface area contributed by atoms with E-state index in [-0.39, 0.29) is 12.1 Å². The van der Waals surface area contributed by atoms with Crippen molar-refractivity contribution in [2.24, 2.45) is 11.8 Å². The number of hydrogen-bond acceptors (Lipinski definition) is 4. The van der Waals surface area contributed by atoms with Gasteiger partial charge in [0.25, 0.3) is 0 Å². The molecule has 0 heterocycles. The van der Waals surface area contributed by atoms with Crippen LogP contribution >= 0.6 is 0 Å². The van der Waals surface area contributed by atoms with E-state index in [1.807, 2.05) is 60.7 Å². The Morgan fingerprint density at radius 3 is 1.81 bits per heavy atom. The second-order valence-electron chi connectivity index (χ2n) is 9.38. The zero-order valence-electron chi connectivity index (χ0n) is 19.0. The van der Waals surface area contributed by atoms with E-state index in [4.69, 9.17) is 14.2 Å². The lowest BCUT2D eigenvalue weighted by atomic mass is 9.79. The standard InChI is InChI=1S/C28H36O4/c29-28(24-7-3-1-4-8-24)32-27-19-15-23(16-20-27)12-11-22-13-17-26(18-14-22)31-21-30-25-9-5-2-6-10-25/h1-10,22-23,26-27H,11-21H2. The van der Waals surface area contributed by atoms with Gasteiger partial charge in [-0.1, -0.05) is 49.2 Å². The minimum absolute atomic E-state index is 0.0876. The van der Waals surface area contributed by atoms with Gasteiger partial charge in [-0.15, -0.1) is 0 Å². The average molecular weight is 437 g/mol. The highest BCUT2D eigenvalue weighted by Crippen LogP contribution is 2.35. The van der Waals surface area contributed by atoms with Crippen LogP contribution in [0.2, 0.25) is 0 Å². The molecule has 0 amide bonds. The molecule has 0 aliphatic heterocycles. The summed E-state index contributed by atoms with van der Waals surface area (Å²) >= 11 is 0. The van der Waals surface area contributed by atoms with Gasteiger partial charge in [-0.25, -0.2) is 4.79 Å². The Balaban J connectivity index is 1.06. The SMILES string of the molecule is O=C(OC1CCC(CCC2CCC(OCOc3ccccc3)CC2)CC1)c1ccccc1. The normalized spacial score (nSPS) is 25.8.